The number of aromatic nitrogens is 2. The van der Waals surface area contributed by atoms with E-state index in [0.717, 1.165) is 27.9 Å². The summed E-state index contributed by atoms with van der Waals surface area (Å²) in [6.45, 7) is -0.156. The van der Waals surface area contributed by atoms with Crippen LogP contribution in [0, 0.1) is 0 Å². The van der Waals surface area contributed by atoms with Crippen LogP contribution < -0.4 is 10.2 Å². The Morgan fingerprint density at radius 3 is 2.64 bits per heavy atom. The van der Waals surface area contributed by atoms with E-state index in [-0.39, 0.29) is 19.6 Å². The van der Waals surface area contributed by atoms with Gasteiger partial charge < -0.3 is 19.5 Å². The van der Waals surface area contributed by atoms with Crippen LogP contribution in [0.25, 0.3) is 22.4 Å². The van der Waals surface area contributed by atoms with Gasteiger partial charge in [0.2, 0.25) is 5.91 Å². The summed E-state index contributed by atoms with van der Waals surface area (Å²) in [5.41, 5.74) is 4.92. The fourth-order valence-corrected chi connectivity index (χ4v) is 3.06. The number of carbonyl (C=O) groups is 1. The summed E-state index contributed by atoms with van der Waals surface area (Å²) < 4.78 is 7.06. The first-order valence-electron chi connectivity index (χ1n) is 8.91. The molecule has 2 aromatic carbocycles. The van der Waals surface area contributed by atoms with Crippen LogP contribution in [0.4, 0.5) is 0 Å². The van der Waals surface area contributed by atoms with Gasteiger partial charge in [-0.2, -0.15) is 0 Å². The summed E-state index contributed by atoms with van der Waals surface area (Å²) in [7, 11) is 1.60. The highest BCUT2D eigenvalue weighted by Crippen LogP contribution is 2.27. The molecule has 0 aliphatic carbocycles. The molecular formula is C20H23N3O5. The van der Waals surface area contributed by atoms with E-state index < -0.39 is 12.0 Å². The summed E-state index contributed by atoms with van der Waals surface area (Å²) in [6, 6.07) is 13.1. The zero-order valence-electron chi connectivity index (χ0n) is 15.5. The molecule has 1 atom stereocenters. The number of amides is 1. The van der Waals surface area contributed by atoms with Crippen molar-refractivity contribution in [1.82, 2.24) is 15.0 Å². The second-order valence-corrected chi connectivity index (χ2v) is 6.47. The third-order valence-electron chi connectivity index (χ3n) is 4.53. The molecule has 3 aromatic rings. The van der Waals surface area contributed by atoms with E-state index in [2.05, 4.69) is 0 Å². The van der Waals surface area contributed by atoms with Crippen LogP contribution in [0.15, 0.2) is 42.5 Å². The molecule has 0 saturated carbocycles. The topological polar surface area (TPSA) is 117 Å². The van der Waals surface area contributed by atoms with E-state index in [1.807, 2.05) is 47.0 Å². The SMILES string of the molecule is COc1ccc(-c2nc3cc(CCC(=O)NO)ccc3n2CC(O)CO)cc1. The molecule has 8 heteroatoms. The first kappa shape index (κ1) is 19.8. The minimum Gasteiger partial charge on any atom is -0.497 e. The van der Waals surface area contributed by atoms with Gasteiger partial charge in [-0.05, 0) is 48.4 Å². The van der Waals surface area contributed by atoms with Gasteiger partial charge in [-0.1, -0.05) is 6.07 Å². The van der Waals surface area contributed by atoms with Crippen molar-refractivity contribution in [1.29, 1.82) is 0 Å². The lowest BCUT2D eigenvalue weighted by molar-refractivity contribution is -0.129. The van der Waals surface area contributed by atoms with Crippen molar-refractivity contribution in [2.45, 2.75) is 25.5 Å². The third kappa shape index (κ3) is 4.30. The molecular weight excluding hydrogens is 362 g/mol. The van der Waals surface area contributed by atoms with Crippen molar-refractivity contribution >= 4 is 16.9 Å². The number of benzene rings is 2. The molecule has 1 aromatic heterocycles. The smallest absolute Gasteiger partial charge is 0.243 e. The number of hydrogen-bond donors (Lipinski definition) is 4. The Balaban J connectivity index is 2.01. The van der Waals surface area contributed by atoms with Crippen molar-refractivity contribution in [2.24, 2.45) is 0 Å². The highest BCUT2D eigenvalue weighted by molar-refractivity contribution is 5.82. The number of fused-ring (bicyclic) bond motifs is 1. The minimum atomic E-state index is -0.915. The van der Waals surface area contributed by atoms with Gasteiger partial charge in [-0.15, -0.1) is 0 Å². The maximum Gasteiger partial charge on any atom is 0.243 e. The van der Waals surface area contributed by atoms with Gasteiger partial charge in [0.05, 0.1) is 37.4 Å². The quantitative estimate of drug-likeness (QED) is 0.345. The van der Waals surface area contributed by atoms with Crippen LogP contribution in [-0.2, 0) is 17.8 Å². The number of aliphatic hydroxyl groups is 2. The molecule has 0 aliphatic rings. The normalized spacial score (nSPS) is 12.1. The largest absolute Gasteiger partial charge is 0.497 e. The molecule has 1 unspecified atom stereocenters. The highest BCUT2D eigenvalue weighted by Gasteiger charge is 2.16. The number of rotatable bonds is 8. The predicted octanol–water partition coefficient (Wildman–Crippen LogP) is 1.50. The molecule has 28 heavy (non-hydrogen) atoms. The fourth-order valence-electron chi connectivity index (χ4n) is 3.06. The number of aliphatic hydroxyl groups excluding tert-OH is 2. The van der Waals surface area contributed by atoms with Crippen LogP contribution >= 0.6 is 0 Å². The molecule has 0 aliphatic heterocycles. The molecule has 148 valence electrons. The van der Waals surface area contributed by atoms with Crippen molar-refractivity contribution in [3.05, 3.63) is 48.0 Å². The molecule has 0 fully saturated rings. The average molecular weight is 385 g/mol. The second kappa shape index (κ2) is 8.83. The average Bonchev–Trinajstić information content (AvgIpc) is 3.09. The van der Waals surface area contributed by atoms with Crippen molar-refractivity contribution < 1.29 is 25.0 Å². The van der Waals surface area contributed by atoms with Gasteiger partial charge in [0.1, 0.15) is 11.6 Å². The number of nitrogens with one attached hydrogen (secondary N) is 1. The van der Waals surface area contributed by atoms with Gasteiger partial charge >= 0.3 is 0 Å². The summed E-state index contributed by atoms with van der Waals surface area (Å²) in [4.78, 5) is 16.0. The second-order valence-electron chi connectivity index (χ2n) is 6.47. The van der Waals surface area contributed by atoms with E-state index >= 15 is 0 Å². The number of nitrogens with zero attached hydrogens (tertiary/aromatic N) is 2. The van der Waals surface area contributed by atoms with E-state index in [1.165, 1.54) is 0 Å². The van der Waals surface area contributed by atoms with Gasteiger partial charge in [0.15, 0.2) is 0 Å². The Kier molecular flexibility index (Phi) is 6.25. The number of hydroxylamine groups is 1. The van der Waals surface area contributed by atoms with Crippen molar-refractivity contribution in [3.8, 4) is 17.1 Å². The molecule has 8 nitrogen and oxygen atoms in total. The van der Waals surface area contributed by atoms with Crippen LogP contribution in [0.1, 0.15) is 12.0 Å². The Morgan fingerprint density at radius 1 is 1.25 bits per heavy atom. The lowest BCUT2D eigenvalue weighted by Gasteiger charge is -2.13. The maximum absolute atomic E-state index is 11.3. The van der Waals surface area contributed by atoms with Gasteiger partial charge in [0, 0.05) is 12.0 Å². The van der Waals surface area contributed by atoms with Crippen LogP contribution in [0.5, 0.6) is 5.75 Å². The molecule has 0 bridgehead atoms. The molecule has 1 heterocycles. The van der Waals surface area contributed by atoms with Crippen LogP contribution in [-0.4, -0.2) is 50.7 Å². The van der Waals surface area contributed by atoms with Gasteiger partial charge in [-0.3, -0.25) is 10.0 Å². The van der Waals surface area contributed by atoms with Gasteiger partial charge in [-0.25, -0.2) is 10.5 Å². The standard InChI is InChI=1S/C20H23N3O5/c1-28-16-6-4-14(5-7-16)20-21-17-10-13(3-9-19(26)22-27)2-8-18(17)23(20)11-15(25)12-24/h2,4-8,10,15,24-25,27H,3,9,11-12H2,1H3,(H,22,26). The number of hydrogen-bond acceptors (Lipinski definition) is 6. The maximum atomic E-state index is 11.3. The van der Waals surface area contributed by atoms with E-state index in [4.69, 9.17) is 14.9 Å². The van der Waals surface area contributed by atoms with Crippen molar-refractivity contribution in [3.63, 3.8) is 0 Å². The molecule has 0 spiro atoms. The number of methoxy groups -OCH3 is 1. The number of carbonyl (C=O) groups excluding carboxylic acids is 1. The lowest BCUT2D eigenvalue weighted by Crippen LogP contribution is -2.20. The third-order valence-corrected chi connectivity index (χ3v) is 4.53. The molecule has 1 amide bonds. The van der Waals surface area contributed by atoms with Gasteiger partial charge in [0.25, 0.3) is 0 Å². The van der Waals surface area contributed by atoms with E-state index in [0.29, 0.717) is 12.2 Å². The Bertz CT molecular complexity index is 952. The first-order valence-corrected chi connectivity index (χ1v) is 8.91. The lowest BCUT2D eigenvalue weighted by atomic mass is 10.1. The molecule has 4 N–H and O–H groups in total. The zero-order chi connectivity index (χ0) is 20.1. The summed E-state index contributed by atoms with van der Waals surface area (Å²) in [6.07, 6.45) is -0.286. The minimum absolute atomic E-state index is 0.164. The monoisotopic (exact) mass is 385 g/mol. The highest BCUT2D eigenvalue weighted by atomic mass is 16.5. The van der Waals surface area contributed by atoms with Crippen LogP contribution in [0.2, 0.25) is 0 Å². The predicted molar refractivity (Wildman–Crippen MR) is 103 cm³/mol. The summed E-state index contributed by atoms with van der Waals surface area (Å²) in [5, 5.41) is 27.9. The van der Waals surface area contributed by atoms with Crippen molar-refractivity contribution in [2.75, 3.05) is 13.7 Å². The summed E-state index contributed by atoms with van der Waals surface area (Å²) in [5.74, 6) is 0.942. The van der Waals surface area contributed by atoms with Crippen LogP contribution in [0.3, 0.4) is 0 Å². The van der Waals surface area contributed by atoms with E-state index in [1.54, 1.807) is 12.6 Å². The summed E-state index contributed by atoms with van der Waals surface area (Å²) >= 11 is 0. The number of imidazole rings is 1. The molecule has 0 saturated heterocycles. The Labute approximate surface area is 162 Å². The fraction of sp³-hybridized carbons (Fsp3) is 0.300. The number of ether oxygens (including phenoxy) is 1. The first-order chi connectivity index (χ1) is 13.5. The van der Waals surface area contributed by atoms with E-state index in [9.17, 15) is 15.0 Å². The Morgan fingerprint density at radius 2 is 2.00 bits per heavy atom. The zero-order valence-corrected chi connectivity index (χ0v) is 15.5. The Hall–Kier alpha value is -2.94. The number of aryl methyl sites for hydroxylation is 1. The molecule has 3 rings (SSSR count). The molecule has 0 radical (unpaired) electrons.